The summed E-state index contributed by atoms with van der Waals surface area (Å²) in [4.78, 5) is 25.5. The second kappa shape index (κ2) is 9.14. The maximum atomic E-state index is 12.4. The van der Waals surface area contributed by atoms with E-state index in [-0.39, 0.29) is 24.3 Å². The monoisotopic (exact) mass is 461 g/mol. The van der Waals surface area contributed by atoms with E-state index in [4.69, 9.17) is 9.47 Å². The Morgan fingerprint density at radius 2 is 1.97 bits per heavy atom. The molecule has 2 aliphatic carbocycles. The van der Waals surface area contributed by atoms with Gasteiger partial charge < -0.3 is 19.5 Å². The summed E-state index contributed by atoms with van der Waals surface area (Å²) in [6, 6.07) is 0.163. The van der Waals surface area contributed by atoms with E-state index < -0.39 is 5.60 Å². The highest BCUT2D eigenvalue weighted by atomic mass is 32.1. The van der Waals surface area contributed by atoms with Crippen LogP contribution in [0, 0.1) is 0 Å². The maximum absolute atomic E-state index is 12.4. The summed E-state index contributed by atoms with van der Waals surface area (Å²) in [5, 5.41) is 11.0. The van der Waals surface area contributed by atoms with E-state index in [1.165, 1.54) is 10.4 Å². The first-order valence-electron chi connectivity index (χ1n) is 11.7. The molecule has 1 amide bonds. The Balaban J connectivity index is 1.44. The van der Waals surface area contributed by atoms with Gasteiger partial charge in [0.2, 0.25) is 5.88 Å². The number of hydrogen-bond acceptors (Lipinski definition) is 7. The molecule has 1 saturated carbocycles. The van der Waals surface area contributed by atoms with Crippen LogP contribution in [0.5, 0.6) is 5.88 Å². The van der Waals surface area contributed by atoms with Crippen molar-refractivity contribution in [3.05, 3.63) is 16.8 Å². The van der Waals surface area contributed by atoms with Gasteiger partial charge in [-0.15, -0.1) is 11.3 Å². The summed E-state index contributed by atoms with van der Waals surface area (Å²) in [5.41, 5.74) is 0.802. The van der Waals surface area contributed by atoms with Gasteiger partial charge in [-0.3, -0.25) is 0 Å². The predicted octanol–water partition coefficient (Wildman–Crippen LogP) is 5.05. The van der Waals surface area contributed by atoms with Gasteiger partial charge in [0.25, 0.3) is 0 Å². The van der Waals surface area contributed by atoms with Gasteiger partial charge in [0.15, 0.2) is 0 Å². The Bertz CT molecular complexity index is 960. The number of rotatable bonds is 5. The average Bonchev–Trinajstić information content (AvgIpc) is 3.26. The lowest BCUT2D eigenvalue weighted by Gasteiger charge is -2.35. The lowest BCUT2D eigenvalue weighted by atomic mass is 9.92. The molecule has 7 nitrogen and oxygen atoms in total. The highest BCUT2D eigenvalue weighted by molar-refractivity contribution is 7.19. The molecule has 32 heavy (non-hydrogen) atoms. The van der Waals surface area contributed by atoms with Crippen molar-refractivity contribution in [3.8, 4) is 5.88 Å². The Labute approximate surface area is 194 Å². The van der Waals surface area contributed by atoms with Crippen molar-refractivity contribution in [3.63, 3.8) is 0 Å². The lowest BCUT2D eigenvalue weighted by molar-refractivity contribution is 0.0137. The number of aliphatic hydroxyl groups is 1. The Kier molecular flexibility index (Phi) is 6.63. The van der Waals surface area contributed by atoms with Crippen LogP contribution in [0.25, 0.3) is 10.2 Å². The van der Waals surface area contributed by atoms with Crippen molar-refractivity contribution in [2.45, 2.75) is 102 Å². The molecule has 0 saturated heterocycles. The number of carbonyl (C=O) groups is 1. The zero-order valence-electron chi connectivity index (χ0n) is 19.8. The molecule has 0 unspecified atom stereocenters. The molecule has 0 bridgehead atoms. The lowest BCUT2D eigenvalue weighted by Crippen LogP contribution is -2.43. The summed E-state index contributed by atoms with van der Waals surface area (Å²) in [6.07, 6.45) is 7.42. The average molecular weight is 462 g/mol. The molecule has 1 N–H and O–H groups in total. The number of nitrogens with zero attached hydrogens (tertiary/aromatic N) is 3. The molecule has 0 aromatic carbocycles. The molecule has 0 spiro atoms. The van der Waals surface area contributed by atoms with Crippen molar-refractivity contribution in [2.24, 2.45) is 0 Å². The van der Waals surface area contributed by atoms with Crippen LogP contribution in [0.3, 0.4) is 0 Å². The number of aryl methyl sites for hydroxylation is 1. The number of thiophene rings is 1. The molecule has 2 aromatic heterocycles. The van der Waals surface area contributed by atoms with Crippen LogP contribution in [0.2, 0.25) is 0 Å². The van der Waals surface area contributed by atoms with E-state index in [2.05, 4.69) is 9.97 Å². The van der Waals surface area contributed by atoms with E-state index in [9.17, 15) is 9.90 Å². The standard InChI is InChI=1S/C24H35N3O4S/c1-14(28)12-15-6-11-18-19(15)20-21(25-13-26-22(20)32-18)30-17-9-7-16(8-10-17)27(5)23(29)31-24(2,3)4/h13-17,28H,6-12H2,1-5H3/t14-,15-,16-,17-/m1/s1. The molecule has 0 radical (unpaired) electrons. The van der Waals surface area contributed by atoms with Crippen molar-refractivity contribution >= 4 is 27.6 Å². The van der Waals surface area contributed by atoms with E-state index in [1.54, 1.807) is 22.6 Å². The highest BCUT2D eigenvalue weighted by Crippen LogP contribution is 2.47. The van der Waals surface area contributed by atoms with Crippen LogP contribution in [0.15, 0.2) is 6.33 Å². The van der Waals surface area contributed by atoms with Crippen molar-refractivity contribution in [1.82, 2.24) is 14.9 Å². The molecule has 0 aliphatic heterocycles. The number of hydrogen-bond donors (Lipinski definition) is 1. The van der Waals surface area contributed by atoms with Gasteiger partial charge in [-0.2, -0.15) is 0 Å². The number of fused-ring (bicyclic) bond motifs is 3. The second-order valence-corrected chi connectivity index (χ2v) is 11.3. The van der Waals surface area contributed by atoms with Gasteiger partial charge in [0, 0.05) is 18.0 Å². The van der Waals surface area contributed by atoms with Gasteiger partial charge in [0.05, 0.1) is 11.5 Å². The number of carbonyl (C=O) groups excluding carboxylic acids is 1. The number of aliphatic hydroxyl groups excluding tert-OH is 1. The number of aromatic nitrogens is 2. The largest absolute Gasteiger partial charge is 0.474 e. The van der Waals surface area contributed by atoms with Crippen LogP contribution in [-0.4, -0.2) is 57.0 Å². The van der Waals surface area contributed by atoms with Crippen molar-refractivity contribution in [2.75, 3.05) is 7.05 Å². The first-order chi connectivity index (χ1) is 15.1. The van der Waals surface area contributed by atoms with Crippen LogP contribution < -0.4 is 4.74 Å². The Morgan fingerprint density at radius 1 is 1.25 bits per heavy atom. The summed E-state index contributed by atoms with van der Waals surface area (Å²) >= 11 is 1.73. The quantitative estimate of drug-likeness (QED) is 0.671. The molecule has 1 fully saturated rings. The second-order valence-electron chi connectivity index (χ2n) is 10.3. The van der Waals surface area contributed by atoms with E-state index in [1.807, 2.05) is 34.7 Å². The topological polar surface area (TPSA) is 84.8 Å². The Morgan fingerprint density at radius 3 is 2.62 bits per heavy atom. The molecule has 2 aromatic rings. The summed E-state index contributed by atoms with van der Waals surface area (Å²) in [5.74, 6) is 1.01. The van der Waals surface area contributed by atoms with Gasteiger partial charge in [-0.05, 0) is 84.1 Å². The smallest absolute Gasteiger partial charge is 0.410 e. The van der Waals surface area contributed by atoms with Crippen LogP contribution in [-0.2, 0) is 11.2 Å². The van der Waals surface area contributed by atoms with Crippen molar-refractivity contribution in [1.29, 1.82) is 0 Å². The third kappa shape index (κ3) is 5.01. The predicted molar refractivity (Wildman–Crippen MR) is 125 cm³/mol. The molecule has 2 aliphatic rings. The Hall–Kier alpha value is -1.93. The fraction of sp³-hybridized carbons (Fsp3) is 0.708. The van der Waals surface area contributed by atoms with Crippen molar-refractivity contribution < 1.29 is 19.4 Å². The first-order valence-corrected chi connectivity index (χ1v) is 12.5. The molecular weight excluding hydrogens is 426 g/mol. The minimum absolute atomic E-state index is 0.0727. The van der Waals surface area contributed by atoms with Crippen LogP contribution in [0.1, 0.15) is 82.6 Å². The fourth-order valence-corrected chi connectivity index (χ4v) is 6.20. The third-order valence-electron chi connectivity index (χ3n) is 6.47. The maximum Gasteiger partial charge on any atom is 0.410 e. The molecule has 176 valence electrons. The van der Waals surface area contributed by atoms with Gasteiger partial charge in [-0.1, -0.05) is 0 Å². The minimum Gasteiger partial charge on any atom is -0.474 e. The third-order valence-corrected chi connectivity index (χ3v) is 7.65. The van der Waals surface area contributed by atoms with Gasteiger partial charge >= 0.3 is 6.09 Å². The molecule has 4 rings (SSSR count). The van der Waals surface area contributed by atoms with E-state index >= 15 is 0 Å². The van der Waals surface area contributed by atoms with E-state index in [0.29, 0.717) is 11.8 Å². The zero-order chi connectivity index (χ0) is 23.0. The SMILES string of the molecule is C[C@@H](O)C[C@H]1CCc2sc3ncnc(O[C@H]4CC[C@H](N(C)C(=O)OC(C)(C)C)CC4)c3c21. The highest BCUT2D eigenvalue weighted by Gasteiger charge is 2.33. The number of amides is 1. The summed E-state index contributed by atoms with van der Waals surface area (Å²) < 4.78 is 11.9. The van der Waals surface area contributed by atoms with Gasteiger partial charge in [0.1, 0.15) is 22.9 Å². The van der Waals surface area contributed by atoms with Gasteiger partial charge in [-0.25, -0.2) is 14.8 Å². The molecular formula is C24H35N3O4S. The van der Waals surface area contributed by atoms with E-state index in [0.717, 1.165) is 55.2 Å². The number of ether oxygens (including phenoxy) is 2. The molecule has 8 heteroatoms. The normalized spacial score (nSPS) is 24.2. The zero-order valence-corrected chi connectivity index (χ0v) is 20.6. The van der Waals surface area contributed by atoms with Crippen LogP contribution >= 0.6 is 11.3 Å². The van der Waals surface area contributed by atoms with Crippen LogP contribution in [0.4, 0.5) is 4.79 Å². The minimum atomic E-state index is -0.490. The summed E-state index contributed by atoms with van der Waals surface area (Å²) in [6.45, 7) is 7.52. The molecule has 2 atom stereocenters. The fourth-order valence-electron chi connectivity index (χ4n) is 4.97. The summed E-state index contributed by atoms with van der Waals surface area (Å²) in [7, 11) is 1.82. The molecule has 2 heterocycles. The first kappa shape index (κ1) is 23.2.